The normalized spacial score (nSPS) is 15.0. The Hall–Kier alpha value is -2.80. The standard InChI is InChI=1S/C18H24N6O/c1-21-11-13-23(14-12-21)15-7-3-4-8-16(15)24(18(19)25)22(2)17-9-5-6-10-20-17/h3-10H,11-14H2,1-2H3,(H2,19,25). The van der Waals surface area contributed by atoms with Crippen molar-refractivity contribution in [3.8, 4) is 0 Å². The Morgan fingerprint density at radius 3 is 2.40 bits per heavy atom. The lowest BCUT2D eigenvalue weighted by atomic mass is 10.2. The van der Waals surface area contributed by atoms with Gasteiger partial charge in [0.25, 0.3) is 0 Å². The number of hydrogen-bond acceptors (Lipinski definition) is 5. The van der Waals surface area contributed by atoms with Crippen LogP contribution in [0.4, 0.5) is 22.0 Å². The van der Waals surface area contributed by atoms with Gasteiger partial charge in [-0.05, 0) is 31.3 Å². The third kappa shape index (κ3) is 3.66. The first-order chi connectivity index (χ1) is 12.1. The van der Waals surface area contributed by atoms with Crippen molar-refractivity contribution in [1.82, 2.24) is 9.88 Å². The predicted molar refractivity (Wildman–Crippen MR) is 101 cm³/mol. The lowest BCUT2D eigenvalue weighted by molar-refractivity contribution is 0.253. The summed E-state index contributed by atoms with van der Waals surface area (Å²) in [5, 5.41) is 3.15. The first kappa shape index (κ1) is 17.0. The Balaban J connectivity index is 1.96. The second-order valence-corrected chi connectivity index (χ2v) is 6.14. The van der Waals surface area contributed by atoms with Gasteiger partial charge in [-0.2, -0.15) is 5.01 Å². The summed E-state index contributed by atoms with van der Waals surface area (Å²) >= 11 is 0. The maximum atomic E-state index is 12.3. The zero-order valence-electron chi connectivity index (χ0n) is 14.7. The van der Waals surface area contributed by atoms with Gasteiger partial charge in [0.1, 0.15) is 5.82 Å². The van der Waals surface area contributed by atoms with Crippen molar-refractivity contribution in [2.24, 2.45) is 5.73 Å². The number of para-hydroxylation sites is 2. The summed E-state index contributed by atoms with van der Waals surface area (Å²) in [7, 11) is 3.90. The number of hydrazine groups is 1. The molecule has 2 aromatic rings. The number of carbonyl (C=O) groups excluding carboxylic acids is 1. The number of nitrogens with two attached hydrogens (primary N) is 1. The van der Waals surface area contributed by atoms with Crippen molar-refractivity contribution in [2.45, 2.75) is 0 Å². The van der Waals surface area contributed by atoms with Crippen LogP contribution < -0.4 is 20.7 Å². The molecule has 0 radical (unpaired) electrons. The fourth-order valence-corrected chi connectivity index (χ4v) is 3.03. The summed E-state index contributed by atoms with van der Waals surface area (Å²) < 4.78 is 0. The summed E-state index contributed by atoms with van der Waals surface area (Å²) in [6, 6.07) is 12.9. The second-order valence-electron chi connectivity index (χ2n) is 6.14. The van der Waals surface area contributed by atoms with Crippen molar-refractivity contribution in [1.29, 1.82) is 0 Å². The molecule has 0 aliphatic carbocycles. The number of hydrogen-bond donors (Lipinski definition) is 1. The summed E-state index contributed by atoms with van der Waals surface area (Å²) in [6.07, 6.45) is 1.69. The van der Waals surface area contributed by atoms with E-state index in [-0.39, 0.29) is 0 Å². The van der Waals surface area contributed by atoms with E-state index in [9.17, 15) is 4.79 Å². The topological polar surface area (TPSA) is 68.9 Å². The fraction of sp³-hybridized carbons (Fsp3) is 0.333. The molecule has 7 heteroatoms. The van der Waals surface area contributed by atoms with Crippen LogP contribution in [0.25, 0.3) is 0 Å². The maximum absolute atomic E-state index is 12.3. The lowest BCUT2D eigenvalue weighted by Gasteiger charge is -2.38. The first-order valence-corrected chi connectivity index (χ1v) is 8.34. The van der Waals surface area contributed by atoms with Crippen molar-refractivity contribution in [3.63, 3.8) is 0 Å². The Labute approximate surface area is 148 Å². The molecular weight excluding hydrogens is 316 g/mol. The molecule has 0 bridgehead atoms. The number of pyridine rings is 1. The third-order valence-electron chi connectivity index (χ3n) is 4.44. The molecule has 1 aliphatic rings. The summed E-state index contributed by atoms with van der Waals surface area (Å²) in [5.41, 5.74) is 7.47. The zero-order chi connectivity index (χ0) is 17.8. The Morgan fingerprint density at radius 1 is 1.08 bits per heavy atom. The molecule has 132 valence electrons. The molecule has 2 N–H and O–H groups in total. The quantitative estimate of drug-likeness (QED) is 0.859. The molecule has 0 saturated carbocycles. The van der Waals surface area contributed by atoms with Crippen LogP contribution in [0.5, 0.6) is 0 Å². The van der Waals surface area contributed by atoms with Crippen LogP contribution in [0.15, 0.2) is 48.7 Å². The summed E-state index contributed by atoms with van der Waals surface area (Å²) in [5.74, 6) is 0.648. The zero-order valence-corrected chi connectivity index (χ0v) is 14.7. The molecule has 1 fully saturated rings. The van der Waals surface area contributed by atoms with Crippen LogP contribution in [0.2, 0.25) is 0 Å². The van der Waals surface area contributed by atoms with Gasteiger partial charge in [-0.1, -0.05) is 18.2 Å². The minimum atomic E-state index is -0.547. The molecule has 1 aromatic carbocycles. The van der Waals surface area contributed by atoms with E-state index >= 15 is 0 Å². The SMILES string of the molecule is CN1CCN(c2ccccc2N(C(N)=O)N(C)c2ccccn2)CC1. The number of anilines is 3. The van der Waals surface area contributed by atoms with Crippen LogP contribution in [-0.4, -0.2) is 56.2 Å². The molecular formula is C18H24N6O. The van der Waals surface area contributed by atoms with E-state index in [0.29, 0.717) is 5.82 Å². The van der Waals surface area contributed by atoms with Gasteiger partial charge in [0.2, 0.25) is 0 Å². The highest BCUT2D eigenvalue weighted by molar-refractivity contribution is 5.96. The van der Waals surface area contributed by atoms with Crippen LogP contribution in [0.3, 0.4) is 0 Å². The molecule has 2 heterocycles. The molecule has 1 saturated heterocycles. The number of nitrogens with zero attached hydrogens (tertiary/aromatic N) is 5. The molecule has 0 unspecified atom stereocenters. The molecule has 0 spiro atoms. The summed E-state index contributed by atoms with van der Waals surface area (Å²) in [4.78, 5) is 21.2. The van der Waals surface area contributed by atoms with Gasteiger partial charge in [-0.15, -0.1) is 0 Å². The molecule has 25 heavy (non-hydrogen) atoms. The van der Waals surface area contributed by atoms with E-state index in [2.05, 4.69) is 21.8 Å². The van der Waals surface area contributed by atoms with Crippen LogP contribution in [-0.2, 0) is 0 Å². The Bertz CT molecular complexity index is 715. The van der Waals surface area contributed by atoms with Crippen molar-refractivity contribution in [3.05, 3.63) is 48.7 Å². The maximum Gasteiger partial charge on any atom is 0.338 e. The number of piperazine rings is 1. The number of aromatic nitrogens is 1. The van der Waals surface area contributed by atoms with Gasteiger partial charge in [-0.25, -0.2) is 9.78 Å². The highest BCUT2D eigenvalue weighted by atomic mass is 16.2. The van der Waals surface area contributed by atoms with Gasteiger partial charge in [0.05, 0.1) is 11.4 Å². The first-order valence-electron chi connectivity index (χ1n) is 8.34. The lowest BCUT2D eigenvalue weighted by Crippen LogP contribution is -2.50. The highest BCUT2D eigenvalue weighted by Gasteiger charge is 2.25. The van der Waals surface area contributed by atoms with E-state index < -0.39 is 6.03 Å². The number of urea groups is 1. The van der Waals surface area contributed by atoms with E-state index in [1.807, 2.05) is 42.5 Å². The molecule has 7 nitrogen and oxygen atoms in total. The van der Waals surface area contributed by atoms with Crippen LogP contribution >= 0.6 is 0 Å². The van der Waals surface area contributed by atoms with Gasteiger partial charge in [0.15, 0.2) is 0 Å². The van der Waals surface area contributed by atoms with Crippen molar-refractivity contribution in [2.75, 3.05) is 55.2 Å². The fourth-order valence-electron chi connectivity index (χ4n) is 3.03. The van der Waals surface area contributed by atoms with E-state index in [1.165, 1.54) is 5.01 Å². The number of amides is 2. The van der Waals surface area contributed by atoms with E-state index in [1.54, 1.807) is 18.3 Å². The number of likely N-dealkylation sites (N-methyl/N-ethyl adjacent to an activating group) is 1. The van der Waals surface area contributed by atoms with Crippen molar-refractivity contribution < 1.29 is 4.79 Å². The van der Waals surface area contributed by atoms with Gasteiger partial charge >= 0.3 is 6.03 Å². The van der Waals surface area contributed by atoms with Crippen LogP contribution in [0, 0.1) is 0 Å². The molecule has 3 rings (SSSR count). The molecule has 1 aromatic heterocycles. The van der Waals surface area contributed by atoms with Gasteiger partial charge in [0, 0.05) is 39.4 Å². The average molecular weight is 340 g/mol. The van der Waals surface area contributed by atoms with Crippen molar-refractivity contribution >= 4 is 23.2 Å². The largest absolute Gasteiger partial charge is 0.367 e. The number of carbonyl (C=O) groups is 1. The van der Waals surface area contributed by atoms with Crippen LogP contribution in [0.1, 0.15) is 0 Å². The smallest absolute Gasteiger partial charge is 0.338 e. The minimum absolute atomic E-state index is 0.547. The highest BCUT2D eigenvalue weighted by Crippen LogP contribution is 2.31. The number of rotatable bonds is 4. The Kier molecular flexibility index (Phi) is 5.04. The van der Waals surface area contributed by atoms with Gasteiger partial charge < -0.3 is 15.5 Å². The second kappa shape index (κ2) is 7.40. The minimum Gasteiger partial charge on any atom is -0.367 e. The molecule has 2 amide bonds. The molecule has 0 atom stereocenters. The van der Waals surface area contributed by atoms with E-state index in [4.69, 9.17) is 5.73 Å². The average Bonchev–Trinajstić information content (AvgIpc) is 2.63. The monoisotopic (exact) mass is 340 g/mol. The number of benzene rings is 1. The summed E-state index contributed by atoms with van der Waals surface area (Å²) in [6.45, 7) is 3.79. The number of primary amides is 1. The third-order valence-corrected chi connectivity index (χ3v) is 4.44. The Morgan fingerprint density at radius 2 is 1.76 bits per heavy atom. The van der Waals surface area contributed by atoms with E-state index in [0.717, 1.165) is 37.6 Å². The predicted octanol–water partition coefficient (Wildman–Crippen LogP) is 1.77. The van der Waals surface area contributed by atoms with Gasteiger partial charge in [-0.3, -0.25) is 5.01 Å². The molecule has 1 aliphatic heterocycles.